The standard InChI is InChI=1S/C19H15N5O/c1-24(16-5-3-2-4-6-16)19(25)17-11-12-18(23-22-17)21-15-9-7-14(13-20)8-10-15/h2-12H,1H3,(H,21,23). The Morgan fingerprint density at radius 3 is 2.32 bits per heavy atom. The third-order valence-corrected chi connectivity index (χ3v) is 3.62. The molecule has 1 heterocycles. The molecule has 0 unspecified atom stereocenters. The number of benzene rings is 2. The second kappa shape index (κ2) is 7.23. The minimum absolute atomic E-state index is 0.233. The molecular weight excluding hydrogens is 314 g/mol. The average Bonchev–Trinajstić information content (AvgIpc) is 2.69. The topological polar surface area (TPSA) is 81.9 Å². The number of nitrogens with one attached hydrogen (secondary N) is 1. The number of nitrogens with zero attached hydrogens (tertiary/aromatic N) is 4. The van der Waals surface area contributed by atoms with Crippen molar-refractivity contribution in [2.24, 2.45) is 0 Å². The molecular formula is C19H15N5O. The highest BCUT2D eigenvalue weighted by molar-refractivity contribution is 6.04. The summed E-state index contributed by atoms with van der Waals surface area (Å²) >= 11 is 0. The van der Waals surface area contributed by atoms with E-state index >= 15 is 0 Å². The van der Waals surface area contributed by atoms with Crippen LogP contribution >= 0.6 is 0 Å². The van der Waals surface area contributed by atoms with Gasteiger partial charge in [0.25, 0.3) is 5.91 Å². The van der Waals surface area contributed by atoms with E-state index in [1.54, 1.807) is 43.4 Å². The Bertz CT molecular complexity index is 899. The van der Waals surface area contributed by atoms with Crippen molar-refractivity contribution in [3.63, 3.8) is 0 Å². The van der Waals surface area contributed by atoms with Crippen molar-refractivity contribution in [3.05, 3.63) is 78.0 Å². The summed E-state index contributed by atoms with van der Waals surface area (Å²) in [6.07, 6.45) is 0. The summed E-state index contributed by atoms with van der Waals surface area (Å²) in [4.78, 5) is 14.0. The van der Waals surface area contributed by atoms with Gasteiger partial charge in [-0.25, -0.2) is 0 Å². The first-order valence-electron chi connectivity index (χ1n) is 7.61. The number of carbonyl (C=O) groups is 1. The summed E-state index contributed by atoms with van der Waals surface area (Å²) in [7, 11) is 1.70. The molecule has 3 rings (SSSR count). The molecule has 0 atom stereocenters. The second-order valence-electron chi connectivity index (χ2n) is 5.32. The first-order chi connectivity index (χ1) is 12.2. The third-order valence-electron chi connectivity index (χ3n) is 3.62. The number of hydrogen-bond donors (Lipinski definition) is 1. The van der Waals surface area contributed by atoms with E-state index in [-0.39, 0.29) is 11.6 Å². The van der Waals surface area contributed by atoms with Gasteiger partial charge in [-0.2, -0.15) is 5.26 Å². The smallest absolute Gasteiger partial charge is 0.278 e. The number of nitriles is 1. The zero-order valence-electron chi connectivity index (χ0n) is 13.5. The molecule has 0 aliphatic heterocycles. The molecule has 6 nitrogen and oxygen atoms in total. The molecule has 2 aromatic carbocycles. The van der Waals surface area contributed by atoms with Crippen LogP contribution in [0, 0.1) is 11.3 Å². The number of para-hydroxylation sites is 1. The Balaban J connectivity index is 1.71. The van der Waals surface area contributed by atoms with Gasteiger partial charge in [0, 0.05) is 18.4 Å². The first-order valence-corrected chi connectivity index (χ1v) is 7.61. The van der Waals surface area contributed by atoms with Crippen molar-refractivity contribution < 1.29 is 4.79 Å². The lowest BCUT2D eigenvalue weighted by atomic mass is 10.2. The van der Waals surface area contributed by atoms with Crippen LogP contribution in [-0.2, 0) is 0 Å². The van der Waals surface area contributed by atoms with Crippen LogP contribution in [0.1, 0.15) is 16.1 Å². The van der Waals surface area contributed by atoms with Crippen LogP contribution in [0.3, 0.4) is 0 Å². The van der Waals surface area contributed by atoms with Crippen LogP contribution < -0.4 is 10.2 Å². The van der Waals surface area contributed by atoms with Crippen molar-refractivity contribution in [3.8, 4) is 6.07 Å². The lowest BCUT2D eigenvalue weighted by molar-refractivity contribution is 0.0987. The van der Waals surface area contributed by atoms with Crippen molar-refractivity contribution in [1.82, 2.24) is 10.2 Å². The van der Waals surface area contributed by atoms with Gasteiger partial charge in [-0.05, 0) is 48.5 Å². The highest BCUT2D eigenvalue weighted by Crippen LogP contribution is 2.16. The summed E-state index contributed by atoms with van der Waals surface area (Å²) in [5.74, 6) is 0.284. The van der Waals surface area contributed by atoms with E-state index in [0.29, 0.717) is 11.4 Å². The molecule has 0 bridgehead atoms. The fourth-order valence-electron chi connectivity index (χ4n) is 2.23. The number of anilines is 3. The fraction of sp³-hybridized carbons (Fsp3) is 0.0526. The van der Waals surface area contributed by atoms with E-state index in [2.05, 4.69) is 21.6 Å². The first kappa shape index (κ1) is 16.1. The Kier molecular flexibility index (Phi) is 4.67. The highest BCUT2D eigenvalue weighted by Gasteiger charge is 2.15. The minimum atomic E-state index is -0.233. The van der Waals surface area contributed by atoms with E-state index in [9.17, 15) is 4.79 Å². The van der Waals surface area contributed by atoms with Crippen LogP contribution in [0.2, 0.25) is 0 Å². The summed E-state index contributed by atoms with van der Waals surface area (Å²) in [5, 5.41) is 19.9. The quantitative estimate of drug-likeness (QED) is 0.793. The summed E-state index contributed by atoms with van der Waals surface area (Å²) in [5.41, 5.74) is 2.42. The van der Waals surface area contributed by atoms with Crippen LogP contribution in [0.15, 0.2) is 66.7 Å². The van der Waals surface area contributed by atoms with Crippen molar-refractivity contribution >= 4 is 23.1 Å². The number of amides is 1. The number of hydrogen-bond acceptors (Lipinski definition) is 5. The maximum absolute atomic E-state index is 12.5. The number of rotatable bonds is 4. The van der Waals surface area contributed by atoms with E-state index < -0.39 is 0 Å². The monoisotopic (exact) mass is 329 g/mol. The third kappa shape index (κ3) is 3.79. The maximum Gasteiger partial charge on any atom is 0.278 e. The largest absolute Gasteiger partial charge is 0.339 e. The predicted octanol–water partition coefficient (Wildman–Crippen LogP) is 3.37. The zero-order valence-corrected chi connectivity index (χ0v) is 13.5. The molecule has 0 saturated carbocycles. The molecule has 0 aliphatic carbocycles. The van der Waals surface area contributed by atoms with E-state index in [4.69, 9.17) is 5.26 Å². The minimum Gasteiger partial charge on any atom is -0.339 e. The van der Waals surface area contributed by atoms with Gasteiger partial charge in [0.05, 0.1) is 11.6 Å². The van der Waals surface area contributed by atoms with E-state index in [1.165, 1.54) is 4.90 Å². The molecule has 0 saturated heterocycles. The maximum atomic E-state index is 12.5. The van der Waals surface area contributed by atoms with Gasteiger partial charge in [0.2, 0.25) is 0 Å². The van der Waals surface area contributed by atoms with Crippen LogP contribution in [0.4, 0.5) is 17.2 Å². The molecule has 1 amide bonds. The van der Waals surface area contributed by atoms with Gasteiger partial charge in [0.15, 0.2) is 11.5 Å². The van der Waals surface area contributed by atoms with Gasteiger partial charge < -0.3 is 10.2 Å². The fourth-order valence-corrected chi connectivity index (χ4v) is 2.23. The molecule has 3 aromatic rings. The molecule has 122 valence electrons. The zero-order chi connectivity index (χ0) is 17.6. The molecule has 25 heavy (non-hydrogen) atoms. The molecule has 0 spiro atoms. The van der Waals surface area contributed by atoms with Crippen LogP contribution in [0.25, 0.3) is 0 Å². The lowest BCUT2D eigenvalue weighted by Crippen LogP contribution is -2.27. The van der Waals surface area contributed by atoms with E-state index in [0.717, 1.165) is 11.4 Å². The predicted molar refractivity (Wildman–Crippen MR) is 95.6 cm³/mol. The summed E-state index contributed by atoms with van der Waals surface area (Å²) in [6, 6.07) is 21.7. The molecule has 0 aliphatic rings. The van der Waals surface area contributed by atoms with Gasteiger partial charge in [-0.1, -0.05) is 18.2 Å². The molecule has 6 heteroatoms. The van der Waals surface area contributed by atoms with Gasteiger partial charge in [-0.3, -0.25) is 4.79 Å². The number of aromatic nitrogens is 2. The van der Waals surface area contributed by atoms with Crippen molar-refractivity contribution in [2.75, 3.05) is 17.3 Å². The molecule has 0 fully saturated rings. The van der Waals surface area contributed by atoms with Gasteiger partial charge in [-0.15, -0.1) is 10.2 Å². The van der Waals surface area contributed by atoms with Crippen LogP contribution in [-0.4, -0.2) is 23.2 Å². The van der Waals surface area contributed by atoms with E-state index in [1.807, 2.05) is 30.3 Å². The SMILES string of the molecule is CN(C(=O)c1ccc(Nc2ccc(C#N)cc2)nn1)c1ccccc1. The molecule has 0 radical (unpaired) electrons. The average molecular weight is 329 g/mol. The number of carbonyl (C=O) groups excluding carboxylic acids is 1. The van der Waals surface area contributed by atoms with Crippen molar-refractivity contribution in [2.45, 2.75) is 0 Å². The highest BCUT2D eigenvalue weighted by atomic mass is 16.2. The second-order valence-corrected chi connectivity index (χ2v) is 5.32. The Labute approximate surface area is 145 Å². The van der Waals surface area contributed by atoms with Gasteiger partial charge in [0.1, 0.15) is 0 Å². The molecule has 1 aromatic heterocycles. The van der Waals surface area contributed by atoms with Crippen LogP contribution in [0.5, 0.6) is 0 Å². The summed E-state index contributed by atoms with van der Waals surface area (Å²) in [6.45, 7) is 0. The normalized spacial score (nSPS) is 9.92. The Morgan fingerprint density at radius 2 is 1.72 bits per heavy atom. The van der Waals surface area contributed by atoms with Gasteiger partial charge >= 0.3 is 0 Å². The Morgan fingerprint density at radius 1 is 1.00 bits per heavy atom. The van der Waals surface area contributed by atoms with Crippen molar-refractivity contribution in [1.29, 1.82) is 5.26 Å². The lowest BCUT2D eigenvalue weighted by Gasteiger charge is -2.16. The Hall–Kier alpha value is -3.72. The molecule has 1 N–H and O–H groups in total. The summed E-state index contributed by atoms with van der Waals surface area (Å²) < 4.78 is 0.